The Kier molecular flexibility index (Phi) is 3.95. The van der Waals surface area contributed by atoms with E-state index >= 15 is 0 Å². The van der Waals surface area contributed by atoms with Gasteiger partial charge < -0.3 is 4.74 Å². The largest absolute Gasteiger partial charge is 0.488 e. The zero-order chi connectivity index (χ0) is 13.8. The number of halogens is 1. The second kappa shape index (κ2) is 5.65. The lowest BCUT2D eigenvalue weighted by Crippen LogP contribution is -2.02. The van der Waals surface area contributed by atoms with Crippen LogP contribution in [0.1, 0.15) is 28.4 Å². The van der Waals surface area contributed by atoms with Crippen LogP contribution in [0.15, 0.2) is 42.5 Å². The molecule has 0 radical (unpaired) electrons. The smallest absolute Gasteiger partial charge is 0.163 e. The van der Waals surface area contributed by atoms with Crippen LogP contribution >= 0.6 is 0 Å². The molecule has 0 N–H and O–H groups in total. The summed E-state index contributed by atoms with van der Waals surface area (Å²) < 4.78 is 18.7. The Morgan fingerprint density at radius 3 is 2.47 bits per heavy atom. The van der Waals surface area contributed by atoms with Crippen molar-refractivity contribution in [2.45, 2.75) is 20.5 Å². The molecule has 2 aromatic rings. The maximum absolute atomic E-state index is 13.1. The van der Waals surface area contributed by atoms with E-state index < -0.39 is 5.82 Å². The van der Waals surface area contributed by atoms with Gasteiger partial charge in [-0.3, -0.25) is 4.79 Å². The summed E-state index contributed by atoms with van der Waals surface area (Å²) in [5.74, 6) is -0.235. The van der Waals surface area contributed by atoms with E-state index in [9.17, 15) is 9.18 Å². The molecular formula is C16H15FO2. The average Bonchev–Trinajstić information content (AvgIpc) is 2.39. The van der Waals surface area contributed by atoms with Crippen LogP contribution in [0.3, 0.4) is 0 Å². The van der Waals surface area contributed by atoms with Gasteiger partial charge in [0.2, 0.25) is 0 Å². The summed E-state index contributed by atoms with van der Waals surface area (Å²) in [6, 6.07) is 11.9. The van der Waals surface area contributed by atoms with Crippen molar-refractivity contribution in [2.75, 3.05) is 0 Å². The predicted octanol–water partition coefficient (Wildman–Crippen LogP) is 3.92. The van der Waals surface area contributed by atoms with Gasteiger partial charge in [-0.05, 0) is 37.6 Å². The van der Waals surface area contributed by atoms with Gasteiger partial charge in [0.25, 0.3) is 0 Å². The molecule has 0 aliphatic heterocycles. The molecule has 2 rings (SSSR count). The van der Waals surface area contributed by atoms with E-state index in [1.165, 1.54) is 30.7 Å². The van der Waals surface area contributed by atoms with Crippen molar-refractivity contribution in [3.05, 3.63) is 65.0 Å². The van der Waals surface area contributed by atoms with Gasteiger partial charge in [-0.25, -0.2) is 4.39 Å². The van der Waals surface area contributed by atoms with Gasteiger partial charge in [0.1, 0.15) is 18.2 Å². The van der Waals surface area contributed by atoms with Crippen molar-refractivity contribution >= 4 is 5.78 Å². The van der Waals surface area contributed by atoms with E-state index in [0.717, 1.165) is 5.56 Å². The highest BCUT2D eigenvalue weighted by Gasteiger charge is 2.10. The fourth-order valence-corrected chi connectivity index (χ4v) is 1.75. The summed E-state index contributed by atoms with van der Waals surface area (Å²) in [5, 5.41) is 0. The number of ether oxygens (including phenoxy) is 1. The van der Waals surface area contributed by atoms with E-state index in [4.69, 9.17) is 4.74 Å². The first-order valence-corrected chi connectivity index (χ1v) is 6.05. The molecule has 2 nitrogen and oxygen atoms in total. The molecule has 0 spiro atoms. The molecule has 0 aliphatic carbocycles. The lowest BCUT2D eigenvalue weighted by molar-refractivity contribution is 0.101. The quantitative estimate of drug-likeness (QED) is 0.777. The molecule has 0 amide bonds. The standard InChI is InChI=1S/C16H15FO2/c1-11-3-5-13(6-4-11)10-19-16-8-7-14(17)9-15(16)12(2)18/h3-9H,10H2,1-2H3. The predicted molar refractivity (Wildman–Crippen MR) is 71.9 cm³/mol. The van der Waals surface area contributed by atoms with Gasteiger partial charge in [-0.2, -0.15) is 0 Å². The number of carbonyl (C=O) groups excluding carboxylic acids is 1. The first-order chi connectivity index (χ1) is 9.06. The lowest BCUT2D eigenvalue weighted by Gasteiger charge is -2.10. The van der Waals surface area contributed by atoms with E-state index in [1.807, 2.05) is 31.2 Å². The third kappa shape index (κ3) is 3.41. The average molecular weight is 258 g/mol. The Morgan fingerprint density at radius 2 is 1.84 bits per heavy atom. The first kappa shape index (κ1) is 13.3. The molecule has 0 saturated carbocycles. The van der Waals surface area contributed by atoms with Crippen molar-refractivity contribution in [1.82, 2.24) is 0 Å². The Balaban J connectivity index is 2.15. The SMILES string of the molecule is CC(=O)c1cc(F)ccc1OCc1ccc(C)cc1. The molecule has 0 aromatic heterocycles. The minimum Gasteiger partial charge on any atom is -0.488 e. The highest BCUT2D eigenvalue weighted by Crippen LogP contribution is 2.21. The number of ketones is 1. The second-order valence-electron chi connectivity index (χ2n) is 4.47. The third-order valence-corrected chi connectivity index (χ3v) is 2.84. The van der Waals surface area contributed by atoms with Gasteiger partial charge in [0.05, 0.1) is 5.56 Å². The van der Waals surface area contributed by atoms with Gasteiger partial charge in [-0.15, -0.1) is 0 Å². The molecule has 98 valence electrons. The van der Waals surface area contributed by atoms with Crippen LogP contribution in [0.25, 0.3) is 0 Å². The number of carbonyl (C=O) groups is 1. The van der Waals surface area contributed by atoms with Crippen LogP contribution < -0.4 is 4.74 Å². The minimum absolute atomic E-state index is 0.210. The van der Waals surface area contributed by atoms with E-state index in [-0.39, 0.29) is 11.3 Å². The molecule has 0 atom stereocenters. The number of aryl methyl sites for hydroxylation is 1. The van der Waals surface area contributed by atoms with Crippen molar-refractivity contribution in [1.29, 1.82) is 0 Å². The number of hydrogen-bond acceptors (Lipinski definition) is 2. The summed E-state index contributed by atoms with van der Waals surface area (Å²) in [6.45, 7) is 3.76. The molecule has 0 fully saturated rings. The maximum atomic E-state index is 13.1. The van der Waals surface area contributed by atoms with Gasteiger partial charge in [0, 0.05) is 0 Å². The molecule has 19 heavy (non-hydrogen) atoms. The summed E-state index contributed by atoms with van der Waals surface area (Å²) in [6.07, 6.45) is 0. The molecule has 0 aliphatic rings. The Labute approximate surface area is 111 Å². The summed E-state index contributed by atoms with van der Waals surface area (Å²) >= 11 is 0. The Morgan fingerprint density at radius 1 is 1.16 bits per heavy atom. The highest BCUT2D eigenvalue weighted by atomic mass is 19.1. The van der Waals surface area contributed by atoms with E-state index in [1.54, 1.807) is 0 Å². The maximum Gasteiger partial charge on any atom is 0.163 e. The van der Waals surface area contributed by atoms with Crippen LogP contribution in [0.5, 0.6) is 5.75 Å². The molecule has 0 bridgehead atoms. The molecule has 2 aromatic carbocycles. The zero-order valence-electron chi connectivity index (χ0n) is 10.9. The summed E-state index contributed by atoms with van der Waals surface area (Å²) in [7, 11) is 0. The Bertz CT molecular complexity index is 588. The first-order valence-electron chi connectivity index (χ1n) is 6.05. The van der Waals surface area contributed by atoms with Crippen molar-refractivity contribution in [3.8, 4) is 5.75 Å². The van der Waals surface area contributed by atoms with E-state index in [2.05, 4.69) is 0 Å². The van der Waals surface area contributed by atoms with Gasteiger partial charge in [-0.1, -0.05) is 29.8 Å². The number of rotatable bonds is 4. The van der Waals surface area contributed by atoms with E-state index in [0.29, 0.717) is 12.4 Å². The zero-order valence-corrected chi connectivity index (χ0v) is 10.9. The highest BCUT2D eigenvalue weighted by molar-refractivity contribution is 5.96. The monoisotopic (exact) mass is 258 g/mol. The fraction of sp³-hybridized carbons (Fsp3) is 0.188. The van der Waals surface area contributed by atoms with Gasteiger partial charge >= 0.3 is 0 Å². The van der Waals surface area contributed by atoms with Crippen LogP contribution in [0.4, 0.5) is 4.39 Å². The molecule has 0 unspecified atom stereocenters. The molecule has 3 heteroatoms. The fourth-order valence-electron chi connectivity index (χ4n) is 1.75. The summed E-state index contributed by atoms with van der Waals surface area (Å²) in [5.41, 5.74) is 2.45. The van der Waals surface area contributed by atoms with Crippen molar-refractivity contribution in [3.63, 3.8) is 0 Å². The third-order valence-electron chi connectivity index (χ3n) is 2.84. The van der Waals surface area contributed by atoms with Crippen LogP contribution in [0, 0.1) is 12.7 Å². The lowest BCUT2D eigenvalue weighted by atomic mass is 10.1. The molecule has 0 saturated heterocycles. The van der Waals surface area contributed by atoms with Crippen molar-refractivity contribution in [2.24, 2.45) is 0 Å². The number of hydrogen-bond donors (Lipinski definition) is 0. The number of benzene rings is 2. The van der Waals surface area contributed by atoms with Crippen LogP contribution in [-0.4, -0.2) is 5.78 Å². The molecular weight excluding hydrogens is 243 g/mol. The van der Waals surface area contributed by atoms with Crippen LogP contribution in [-0.2, 0) is 6.61 Å². The minimum atomic E-state index is -0.437. The Hall–Kier alpha value is -2.16. The summed E-state index contributed by atoms with van der Waals surface area (Å²) in [4.78, 5) is 11.4. The topological polar surface area (TPSA) is 26.3 Å². The van der Waals surface area contributed by atoms with Crippen LogP contribution in [0.2, 0.25) is 0 Å². The number of Topliss-reactive ketones (excluding diaryl/α,β-unsaturated/α-hetero) is 1. The molecule has 0 heterocycles. The van der Waals surface area contributed by atoms with Gasteiger partial charge in [0.15, 0.2) is 5.78 Å². The van der Waals surface area contributed by atoms with Crippen molar-refractivity contribution < 1.29 is 13.9 Å². The second-order valence-corrected chi connectivity index (χ2v) is 4.47. The normalized spacial score (nSPS) is 10.3.